The molecule has 1 heterocycles. The maximum absolute atomic E-state index is 14.0. The maximum Gasteiger partial charge on any atom is 0.444 e. The van der Waals surface area contributed by atoms with Crippen molar-refractivity contribution in [3.05, 3.63) is 102 Å². The molecule has 1 unspecified atom stereocenters. The Morgan fingerprint density at radius 1 is 0.974 bits per heavy atom. The highest BCUT2D eigenvalue weighted by atomic mass is 31.2. The molecule has 0 spiro atoms. The molecule has 1 aromatic heterocycles. The monoisotopic (exact) mass is 526 g/mol. The van der Waals surface area contributed by atoms with E-state index in [-0.39, 0.29) is 12.7 Å². The second-order valence-electron chi connectivity index (χ2n) is 8.37. The summed E-state index contributed by atoms with van der Waals surface area (Å²) < 4.78 is 27.3. The molecule has 9 nitrogen and oxygen atoms in total. The van der Waals surface area contributed by atoms with Crippen LogP contribution in [-0.2, 0) is 11.1 Å². The largest absolute Gasteiger partial charge is 0.444 e. The summed E-state index contributed by atoms with van der Waals surface area (Å²) in [5.74, 6) is 7.64. The van der Waals surface area contributed by atoms with Crippen LogP contribution in [0.15, 0.2) is 84.9 Å². The third-order valence-electron chi connectivity index (χ3n) is 5.40. The Morgan fingerprint density at radius 2 is 1.61 bits per heavy atom. The number of para-hydroxylation sites is 2. The van der Waals surface area contributed by atoms with E-state index >= 15 is 0 Å². The molecule has 4 rings (SSSR count). The Morgan fingerprint density at radius 3 is 2.21 bits per heavy atom. The maximum atomic E-state index is 14.0. The molecule has 10 heteroatoms. The molecule has 192 valence electrons. The van der Waals surface area contributed by atoms with Crippen LogP contribution in [0.2, 0.25) is 0 Å². The Balaban J connectivity index is 1.58. The minimum atomic E-state index is -3.74. The van der Waals surface area contributed by atoms with E-state index in [1.54, 1.807) is 53.2 Å². The first-order chi connectivity index (χ1) is 18.5. The van der Waals surface area contributed by atoms with E-state index in [0.29, 0.717) is 30.3 Å². The molecule has 1 N–H and O–H groups in total. The molecule has 38 heavy (non-hydrogen) atoms. The Labute approximate surface area is 222 Å². The fourth-order valence-corrected chi connectivity index (χ4v) is 5.01. The van der Waals surface area contributed by atoms with Crippen molar-refractivity contribution in [1.82, 2.24) is 25.5 Å². The lowest BCUT2D eigenvalue weighted by atomic mass is 10.1. The average molecular weight is 527 g/mol. The number of rotatable bonds is 11. The van der Waals surface area contributed by atoms with Gasteiger partial charge in [-0.15, -0.1) is 5.10 Å². The number of hydrogen-bond acceptors (Lipinski definition) is 8. The summed E-state index contributed by atoms with van der Waals surface area (Å²) in [5.41, 5.74) is 2.03. The first-order valence-corrected chi connectivity index (χ1v) is 13.8. The first-order valence-electron chi connectivity index (χ1n) is 12.0. The normalized spacial score (nSPS) is 11.6. The summed E-state index contributed by atoms with van der Waals surface area (Å²) in [4.78, 5) is 0. The van der Waals surface area contributed by atoms with Crippen LogP contribution in [0.5, 0.6) is 11.5 Å². The minimum absolute atomic E-state index is 0.140. The lowest BCUT2D eigenvalue weighted by Gasteiger charge is -2.23. The van der Waals surface area contributed by atoms with Gasteiger partial charge in [0.2, 0.25) is 0 Å². The SMILES string of the molecule is Cc1ccc(C#CCC(NCP(=O)(Oc2ccccc2)Oc2ccccc2)c2nnnn2CCC#N)cc1. The van der Waals surface area contributed by atoms with Gasteiger partial charge in [-0.25, -0.2) is 9.25 Å². The van der Waals surface area contributed by atoms with Gasteiger partial charge in [-0.1, -0.05) is 65.9 Å². The summed E-state index contributed by atoms with van der Waals surface area (Å²) in [7, 11) is -3.74. The quantitative estimate of drug-likeness (QED) is 0.207. The molecule has 3 aromatic carbocycles. The molecule has 0 radical (unpaired) electrons. The van der Waals surface area contributed by atoms with E-state index in [9.17, 15) is 4.57 Å². The highest BCUT2D eigenvalue weighted by molar-refractivity contribution is 7.54. The summed E-state index contributed by atoms with van der Waals surface area (Å²) >= 11 is 0. The zero-order chi connectivity index (χ0) is 26.6. The van der Waals surface area contributed by atoms with Gasteiger partial charge >= 0.3 is 7.60 Å². The Bertz CT molecular complexity index is 1410. The molecule has 0 amide bonds. The van der Waals surface area contributed by atoms with Crippen molar-refractivity contribution in [3.63, 3.8) is 0 Å². The number of hydrogen-bond donors (Lipinski definition) is 1. The lowest BCUT2D eigenvalue weighted by Crippen LogP contribution is -2.28. The van der Waals surface area contributed by atoms with Crippen molar-refractivity contribution >= 4 is 7.60 Å². The van der Waals surface area contributed by atoms with E-state index in [4.69, 9.17) is 14.3 Å². The van der Waals surface area contributed by atoms with Crippen molar-refractivity contribution < 1.29 is 13.6 Å². The van der Waals surface area contributed by atoms with Gasteiger partial charge < -0.3 is 9.05 Å². The van der Waals surface area contributed by atoms with Crippen molar-refractivity contribution in [1.29, 1.82) is 5.26 Å². The number of benzene rings is 3. The molecule has 0 saturated heterocycles. The van der Waals surface area contributed by atoms with Crippen LogP contribution in [0.3, 0.4) is 0 Å². The van der Waals surface area contributed by atoms with Crippen LogP contribution in [-0.4, -0.2) is 26.5 Å². The van der Waals surface area contributed by atoms with Crippen LogP contribution in [0.4, 0.5) is 0 Å². The highest BCUT2D eigenvalue weighted by Gasteiger charge is 2.31. The minimum Gasteiger partial charge on any atom is -0.415 e. The van der Waals surface area contributed by atoms with Gasteiger partial charge in [-0.2, -0.15) is 5.26 Å². The third-order valence-corrected chi connectivity index (χ3v) is 6.95. The van der Waals surface area contributed by atoms with Gasteiger partial charge in [-0.05, 0) is 53.7 Å². The predicted octanol–water partition coefficient (Wildman–Crippen LogP) is 5.28. The van der Waals surface area contributed by atoms with Gasteiger partial charge in [0.15, 0.2) is 5.82 Å². The van der Waals surface area contributed by atoms with Crippen LogP contribution in [0.25, 0.3) is 0 Å². The molecule has 0 aliphatic carbocycles. The van der Waals surface area contributed by atoms with Gasteiger partial charge in [-0.3, -0.25) is 5.32 Å². The summed E-state index contributed by atoms with van der Waals surface area (Å²) in [6.07, 6.45) is 0.419. The van der Waals surface area contributed by atoms with Crippen molar-refractivity contribution in [2.75, 3.05) is 6.29 Å². The molecule has 0 bridgehead atoms. The van der Waals surface area contributed by atoms with Crippen LogP contribution in [0.1, 0.15) is 35.8 Å². The van der Waals surface area contributed by atoms with E-state index in [2.05, 4.69) is 38.8 Å². The van der Waals surface area contributed by atoms with Gasteiger partial charge in [0, 0.05) is 12.0 Å². The summed E-state index contributed by atoms with van der Waals surface area (Å²) in [6, 6.07) is 27.2. The lowest BCUT2D eigenvalue weighted by molar-refractivity contribution is 0.373. The average Bonchev–Trinajstić information content (AvgIpc) is 3.40. The third kappa shape index (κ3) is 7.78. The second kappa shape index (κ2) is 13.2. The molecule has 1 atom stereocenters. The van der Waals surface area contributed by atoms with Crippen molar-refractivity contribution in [2.45, 2.75) is 32.4 Å². The van der Waals surface area contributed by atoms with E-state index in [1.165, 1.54) is 0 Å². The highest BCUT2D eigenvalue weighted by Crippen LogP contribution is 2.48. The number of nitrogens with zero attached hydrogens (tertiary/aromatic N) is 5. The molecule has 0 aliphatic rings. The van der Waals surface area contributed by atoms with Crippen LogP contribution in [0, 0.1) is 30.1 Å². The molecular weight excluding hydrogens is 499 g/mol. The molecular formula is C28H27N6O3P. The van der Waals surface area contributed by atoms with Crippen LogP contribution >= 0.6 is 7.60 Å². The zero-order valence-corrected chi connectivity index (χ0v) is 21.8. The summed E-state index contributed by atoms with van der Waals surface area (Å²) in [5, 5.41) is 24.3. The Hall–Kier alpha value is -4.43. The number of nitriles is 1. The summed E-state index contributed by atoms with van der Waals surface area (Å²) in [6.45, 7) is 2.34. The first kappa shape index (κ1) is 26.6. The fourth-order valence-electron chi connectivity index (χ4n) is 3.51. The number of aromatic nitrogens is 4. The van der Waals surface area contributed by atoms with Gasteiger partial charge in [0.25, 0.3) is 0 Å². The zero-order valence-electron chi connectivity index (χ0n) is 20.9. The van der Waals surface area contributed by atoms with Crippen molar-refractivity contribution in [3.8, 4) is 29.4 Å². The second-order valence-corrected chi connectivity index (χ2v) is 10.3. The standard InChI is InChI=1S/C28H27N6O3P/c1-23-16-18-24(19-17-23)10-8-15-27(28-31-32-33-34(28)21-9-20-29)30-22-38(35,36-25-11-4-2-5-12-25)37-26-13-6-3-7-14-26/h2-7,11-14,16-19,27,30H,9,15,21-22H2,1H3. The van der Waals surface area contributed by atoms with Gasteiger partial charge in [0.05, 0.1) is 25.1 Å². The van der Waals surface area contributed by atoms with E-state index in [0.717, 1.165) is 11.1 Å². The van der Waals surface area contributed by atoms with Crippen molar-refractivity contribution in [2.24, 2.45) is 0 Å². The molecule has 0 aliphatic heterocycles. The molecule has 4 aromatic rings. The number of nitrogens with one attached hydrogen (secondary N) is 1. The Kier molecular flexibility index (Phi) is 9.26. The fraction of sp³-hybridized carbons (Fsp3) is 0.214. The van der Waals surface area contributed by atoms with Crippen LogP contribution < -0.4 is 14.4 Å². The molecule has 0 fully saturated rings. The number of aryl methyl sites for hydroxylation is 2. The molecule has 0 saturated carbocycles. The predicted molar refractivity (Wildman–Crippen MR) is 143 cm³/mol. The topological polar surface area (TPSA) is 115 Å². The van der Waals surface area contributed by atoms with E-state index in [1.807, 2.05) is 43.3 Å². The smallest absolute Gasteiger partial charge is 0.415 e. The number of tetrazole rings is 1. The van der Waals surface area contributed by atoms with E-state index < -0.39 is 13.6 Å². The van der Waals surface area contributed by atoms with Gasteiger partial charge in [0.1, 0.15) is 17.8 Å².